The van der Waals surface area contributed by atoms with Crippen LogP contribution in [0, 0.1) is 5.92 Å². The van der Waals surface area contributed by atoms with Crippen LogP contribution in [0.1, 0.15) is 29.4 Å². The highest BCUT2D eigenvalue weighted by molar-refractivity contribution is 8.01. The first-order valence-electron chi connectivity index (χ1n) is 10.9. The number of hydrogen-bond donors (Lipinski definition) is 1. The molecule has 0 radical (unpaired) electrons. The number of fused-ring (bicyclic) bond motifs is 3. The van der Waals surface area contributed by atoms with Crippen LogP contribution in [0.25, 0.3) is 0 Å². The number of morpholine rings is 1. The van der Waals surface area contributed by atoms with E-state index in [-0.39, 0.29) is 11.9 Å². The Morgan fingerprint density at radius 1 is 1.13 bits per heavy atom. The molecule has 2 aromatic rings. The van der Waals surface area contributed by atoms with E-state index >= 15 is 0 Å². The van der Waals surface area contributed by atoms with Crippen LogP contribution in [-0.4, -0.2) is 62.3 Å². The summed E-state index contributed by atoms with van der Waals surface area (Å²) < 4.78 is 6.62. The number of anilines is 1. The number of amides is 1. The minimum atomic E-state index is 0.0829. The van der Waals surface area contributed by atoms with E-state index < -0.39 is 0 Å². The number of rotatable bonds is 5. The molecule has 6 rings (SSSR count). The van der Waals surface area contributed by atoms with Crippen molar-refractivity contribution < 1.29 is 9.53 Å². The minimum absolute atomic E-state index is 0.0829. The number of nitrogens with one attached hydrogen (secondary N) is 1. The van der Waals surface area contributed by atoms with Crippen molar-refractivity contribution in [2.24, 2.45) is 5.92 Å². The van der Waals surface area contributed by atoms with Gasteiger partial charge in [0, 0.05) is 35.8 Å². The lowest BCUT2D eigenvalue weighted by atomic mass is 9.79. The average molecular weight is 444 g/mol. The van der Waals surface area contributed by atoms with E-state index in [1.807, 2.05) is 6.07 Å². The number of benzene rings is 1. The van der Waals surface area contributed by atoms with Crippen molar-refractivity contribution in [2.45, 2.75) is 41.0 Å². The van der Waals surface area contributed by atoms with Gasteiger partial charge in [0.2, 0.25) is 0 Å². The molecule has 4 aliphatic heterocycles. The summed E-state index contributed by atoms with van der Waals surface area (Å²) >= 11 is 3.33. The molecule has 1 amide bonds. The summed E-state index contributed by atoms with van der Waals surface area (Å²) in [5.41, 5.74) is 1.24. The van der Waals surface area contributed by atoms with Gasteiger partial charge in [-0.2, -0.15) is 0 Å². The summed E-state index contributed by atoms with van der Waals surface area (Å²) in [4.78, 5) is 19.8. The first-order chi connectivity index (χ1) is 14.7. The highest BCUT2D eigenvalue weighted by Crippen LogP contribution is 2.36. The van der Waals surface area contributed by atoms with Crippen molar-refractivity contribution in [2.75, 3.05) is 44.3 Å². The summed E-state index contributed by atoms with van der Waals surface area (Å²) in [5, 5.41) is 3.35. The molecule has 2 atom stereocenters. The van der Waals surface area contributed by atoms with E-state index in [9.17, 15) is 4.79 Å². The number of carbonyl (C=O) groups excluding carboxylic acids is 1. The van der Waals surface area contributed by atoms with Crippen LogP contribution in [0.4, 0.5) is 5.69 Å². The fourth-order valence-corrected chi connectivity index (χ4v) is 7.01. The second kappa shape index (κ2) is 8.91. The molecule has 4 aliphatic rings. The number of piperidine rings is 3. The lowest BCUT2D eigenvalue weighted by Crippen LogP contribution is -2.62. The van der Waals surface area contributed by atoms with Gasteiger partial charge in [0.1, 0.15) is 0 Å². The molecule has 2 bridgehead atoms. The SMILES string of the molecule is C[C@@H]1[C@H](NC(=O)c2ccc(Sc3cccc(N4CCOCC4)c3)s2)C2CCN1CC2. The third-order valence-corrected chi connectivity index (χ3v) is 8.90. The standard InChI is InChI=1S/C23H29N3O2S2/c1-16-22(17-7-9-25(16)10-8-17)24-23(27)20-5-6-21(30-20)29-19-4-2-3-18(15-19)26-11-13-28-14-12-26/h2-6,15-17,22H,7-14H2,1H3,(H,24,27)/t16-,22+/m1/s1. The second-order valence-electron chi connectivity index (χ2n) is 8.43. The fraction of sp³-hybridized carbons (Fsp3) is 0.522. The summed E-state index contributed by atoms with van der Waals surface area (Å²) in [6, 6.07) is 13.4. The fourth-order valence-electron chi connectivity index (χ4n) is 4.95. The van der Waals surface area contributed by atoms with Crippen LogP contribution in [0.5, 0.6) is 0 Å². The van der Waals surface area contributed by atoms with Gasteiger partial charge < -0.3 is 15.0 Å². The number of ether oxygens (including phenoxy) is 1. The Hall–Kier alpha value is -1.54. The molecule has 0 aliphatic carbocycles. The van der Waals surface area contributed by atoms with E-state index in [0.717, 1.165) is 35.4 Å². The lowest BCUT2D eigenvalue weighted by molar-refractivity contribution is 0.0218. The molecule has 7 heteroatoms. The Morgan fingerprint density at radius 2 is 1.93 bits per heavy atom. The van der Waals surface area contributed by atoms with Crippen LogP contribution in [0.2, 0.25) is 0 Å². The maximum atomic E-state index is 12.9. The molecule has 1 aromatic heterocycles. The van der Waals surface area contributed by atoms with Crippen molar-refractivity contribution in [3.05, 3.63) is 41.3 Å². The maximum absolute atomic E-state index is 12.9. The topological polar surface area (TPSA) is 44.8 Å². The molecule has 0 spiro atoms. The molecule has 5 nitrogen and oxygen atoms in total. The average Bonchev–Trinajstić information content (AvgIpc) is 3.26. The van der Waals surface area contributed by atoms with Gasteiger partial charge in [0.15, 0.2) is 0 Å². The van der Waals surface area contributed by atoms with Gasteiger partial charge in [-0.15, -0.1) is 11.3 Å². The van der Waals surface area contributed by atoms with E-state index in [4.69, 9.17) is 4.74 Å². The number of nitrogens with zero attached hydrogens (tertiary/aromatic N) is 2. The minimum Gasteiger partial charge on any atom is -0.378 e. The highest BCUT2D eigenvalue weighted by atomic mass is 32.2. The first-order valence-corrected chi connectivity index (χ1v) is 12.6. The molecule has 4 fully saturated rings. The van der Waals surface area contributed by atoms with Crippen LogP contribution < -0.4 is 10.2 Å². The van der Waals surface area contributed by atoms with Crippen molar-refractivity contribution in [1.82, 2.24) is 10.2 Å². The molecular formula is C23H29N3O2S2. The quantitative estimate of drug-likeness (QED) is 0.758. The largest absolute Gasteiger partial charge is 0.378 e. The zero-order valence-electron chi connectivity index (χ0n) is 17.4. The molecule has 0 unspecified atom stereocenters. The number of carbonyl (C=O) groups is 1. The molecule has 5 heterocycles. The highest BCUT2D eigenvalue weighted by Gasteiger charge is 2.40. The predicted molar refractivity (Wildman–Crippen MR) is 123 cm³/mol. The van der Waals surface area contributed by atoms with Gasteiger partial charge in [-0.1, -0.05) is 17.8 Å². The smallest absolute Gasteiger partial charge is 0.261 e. The van der Waals surface area contributed by atoms with Gasteiger partial charge in [-0.3, -0.25) is 9.69 Å². The number of thiophene rings is 1. The lowest BCUT2D eigenvalue weighted by Gasteiger charge is -2.49. The van der Waals surface area contributed by atoms with Crippen molar-refractivity contribution in [3.63, 3.8) is 0 Å². The summed E-state index contributed by atoms with van der Waals surface area (Å²) in [6.07, 6.45) is 2.42. The first kappa shape index (κ1) is 20.4. The van der Waals surface area contributed by atoms with E-state index in [0.29, 0.717) is 12.0 Å². The van der Waals surface area contributed by atoms with Crippen molar-refractivity contribution >= 4 is 34.7 Å². The summed E-state index contributed by atoms with van der Waals surface area (Å²) in [7, 11) is 0. The van der Waals surface area contributed by atoms with Crippen LogP contribution in [0.15, 0.2) is 45.5 Å². The maximum Gasteiger partial charge on any atom is 0.261 e. The summed E-state index contributed by atoms with van der Waals surface area (Å²) in [5.74, 6) is 0.713. The molecule has 1 N–H and O–H groups in total. The normalized spacial score (nSPS) is 28.5. The molecular weight excluding hydrogens is 414 g/mol. The third-order valence-electron chi connectivity index (χ3n) is 6.69. The molecule has 30 heavy (non-hydrogen) atoms. The summed E-state index contributed by atoms with van der Waals surface area (Å²) in [6.45, 7) is 8.08. The zero-order chi connectivity index (χ0) is 20.5. The van der Waals surface area contributed by atoms with Crippen molar-refractivity contribution in [3.8, 4) is 0 Å². The van der Waals surface area contributed by atoms with E-state index in [2.05, 4.69) is 52.4 Å². The van der Waals surface area contributed by atoms with Crippen LogP contribution in [0.3, 0.4) is 0 Å². The number of hydrogen-bond acceptors (Lipinski definition) is 6. The molecule has 160 valence electrons. The Kier molecular flexibility index (Phi) is 6.05. The van der Waals surface area contributed by atoms with Gasteiger partial charge >= 0.3 is 0 Å². The van der Waals surface area contributed by atoms with Crippen molar-refractivity contribution in [1.29, 1.82) is 0 Å². The third kappa shape index (κ3) is 4.26. The van der Waals surface area contributed by atoms with Crippen LogP contribution in [-0.2, 0) is 4.74 Å². The Balaban J connectivity index is 1.23. The van der Waals surface area contributed by atoms with E-state index in [1.165, 1.54) is 36.5 Å². The monoisotopic (exact) mass is 443 g/mol. The second-order valence-corrected chi connectivity index (χ2v) is 10.9. The molecule has 0 saturated carbocycles. The van der Waals surface area contributed by atoms with Gasteiger partial charge in [0.25, 0.3) is 5.91 Å². The van der Waals surface area contributed by atoms with Crippen LogP contribution >= 0.6 is 23.1 Å². The predicted octanol–water partition coefficient (Wildman–Crippen LogP) is 3.95. The molecule has 1 aromatic carbocycles. The van der Waals surface area contributed by atoms with Gasteiger partial charge in [0.05, 0.1) is 22.3 Å². The van der Waals surface area contributed by atoms with E-state index in [1.54, 1.807) is 23.1 Å². The van der Waals surface area contributed by atoms with Gasteiger partial charge in [-0.05, 0) is 69.1 Å². The Morgan fingerprint density at radius 3 is 2.70 bits per heavy atom. The zero-order valence-corrected chi connectivity index (χ0v) is 19.0. The Labute approximate surface area is 186 Å². The van der Waals surface area contributed by atoms with Gasteiger partial charge in [-0.25, -0.2) is 0 Å². The molecule has 4 saturated heterocycles. The Bertz CT molecular complexity index is 886.